The van der Waals surface area contributed by atoms with Crippen LogP contribution in [-0.2, 0) is 11.2 Å². The lowest BCUT2D eigenvalue weighted by atomic mass is 10.1. The summed E-state index contributed by atoms with van der Waals surface area (Å²) in [7, 11) is 0. The first-order valence-electron chi connectivity index (χ1n) is 9.55. The monoisotopic (exact) mass is 341 g/mol. The maximum atomic E-state index is 12.4. The van der Waals surface area contributed by atoms with Crippen LogP contribution >= 0.6 is 0 Å². The summed E-state index contributed by atoms with van der Waals surface area (Å²) in [4.78, 5) is 28.6. The van der Waals surface area contributed by atoms with E-state index in [9.17, 15) is 9.59 Å². The molecule has 2 bridgehead atoms. The number of likely N-dealkylation sites (tertiary alicyclic amines) is 2. The van der Waals surface area contributed by atoms with E-state index < -0.39 is 0 Å². The molecule has 0 radical (unpaired) electrons. The molecular formula is C20H27N3O2. The molecular weight excluding hydrogens is 314 g/mol. The van der Waals surface area contributed by atoms with Gasteiger partial charge >= 0.3 is 6.03 Å². The highest BCUT2D eigenvalue weighted by Gasteiger charge is 2.40. The molecule has 1 aliphatic carbocycles. The van der Waals surface area contributed by atoms with Gasteiger partial charge in [0.1, 0.15) is 0 Å². The molecule has 5 heteroatoms. The van der Waals surface area contributed by atoms with Crippen LogP contribution < -0.4 is 5.32 Å². The summed E-state index contributed by atoms with van der Waals surface area (Å²) >= 11 is 0. The highest BCUT2D eigenvalue weighted by Crippen LogP contribution is 2.37. The van der Waals surface area contributed by atoms with Gasteiger partial charge in [-0.3, -0.25) is 4.79 Å². The topological polar surface area (TPSA) is 52.7 Å². The lowest BCUT2D eigenvalue weighted by Crippen LogP contribution is -2.45. The molecule has 25 heavy (non-hydrogen) atoms. The number of piperidine rings is 1. The van der Waals surface area contributed by atoms with Crippen molar-refractivity contribution in [2.75, 3.05) is 26.2 Å². The average molecular weight is 341 g/mol. The molecule has 1 aromatic carbocycles. The van der Waals surface area contributed by atoms with Crippen LogP contribution in [-0.4, -0.2) is 54.0 Å². The molecule has 3 fully saturated rings. The maximum Gasteiger partial charge on any atom is 0.317 e. The van der Waals surface area contributed by atoms with Gasteiger partial charge in [-0.1, -0.05) is 30.3 Å². The molecule has 4 rings (SSSR count). The fraction of sp³-hybridized carbons (Fsp3) is 0.600. The molecule has 134 valence electrons. The molecule has 0 spiro atoms. The first-order valence-corrected chi connectivity index (χ1v) is 9.55. The third kappa shape index (κ3) is 3.65. The van der Waals surface area contributed by atoms with E-state index in [0.29, 0.717) is 19.0 Å². The first-order chi connectivity index (χ1) is 12.2. The number of rotatable bonds is 5. The molecule has 3 atom stereocenters. The Morgan fingerprint density at radius 1 is 1.16 bits per heavy atom. The van der Waals surface area contributed by atoms with E-state index in [-0.39, 0.29) is 17.9 Å². The summed E-state index contributed by atoms with van der Waals surface area (Å²) in [6.07, 6.45) is 5.07. The van der Waals surface area contributed by atoms with Gasteiger partial charge in [-0.15, -0.1) is 0 Å². The SMILES string of the molecule is O=C1C[C@@H](CNC(=O)N2C[C@H]3CC[C@H]2C3)CN1CCc1ccccc1. The zero-order chi connectivity index (χ0) is 17.2. The number of carbonyl (C=O) groups excluding carboxylic acids is 2. The number of fused-ring (bicyclic) bond motifs is 2. The number of amides is 3. The van der Waals surface area contributed by atoms with Gasteiger partial charge in [0.2, 0.25) is 5.91 Å². The van der Waals surface area contributed by atoms with E-state index >= 15 is 0 Å². The van der Waals surface area contributed by atoms with Crippen LogP contribution in [0.4, 0.5) is 4.79 Å². The number of benzene rings is 1. The zero-order valence-electron chi connectivity index (χ0n) is 14.7. The Morgan fingerprint density at radius 2 is 2.00 bits per heavy atom. The second-order valence-corrected chi connectivity index (χ2v) is 7.82. The number of hydrogen-bond donors (Lipinski definition) is 1. The fourth-order valence-corrected chi connectivity index (χ4v) is 4.62. The summed E-state index contributed by atoms with van der Waals surface area (Å²) in [5.41, 5.74) is 1.26. The molecule has 1 saturated carbocycles. The predicted molar refractivity (Wildman–Crippen MR) is 96.1 cm³/mol. The highest BCUT2D eigenvalue weighted by atomic mass is 16.2. The zero-order valence-corrected chi connectivity index (χ0v) is 14.7. The van der Waals surface area contributed by atoms with Crippen LogP contribution in [0.5, 0.6) is 0 Å². The van der Waals surface area contributed by atoms with Gasteiger partial charge in [-0.05, 0) is 37.2 Å². The summed E-state index contributed by atoms with van der Waals surface area (Å²) in [5, 5.41) is 3.07. The Bertz CT molecular complexity index is 633. The Labute approximate surface area is 149 Å². The first kappa shape index (κ1) is 16.4. The standard InChI is InChI=1S/C20H27N3O2/c24-19-11-17(13-22(19)9-8-15-4-2-1-3-5-15)12-21-20(25)23-14-16-6-7-18(23)10-16/h1-5,16-18H,6-14H2,(H,21,25)/t16-,17-,18-/m0/s1. The molecule has 3 amide bonds. The largest absolute Gasteiger partial charge is 0.342 e. The van der Waals surface area contributed by atoms with Gasteiger partial charge in [0.25, 0.3) is 0 Å². The van der Waals surface area contributed by atoms with Crippen LogP contribution in [0, 0.1) is 11.8 Å². The smallest absolute Gasteiger partial charge is 0.317 e. The Morgan fingerprint density at radius 3 is 2.72 bits per heavy atom. The van der Waals surface area contributed by atoms with Crippen molar-refractivity contribution in [3.63, 3.8) is 0 Å². The number of nitrogens with zero attached hydrogens (tertiary/aromatic N) is 2. The van der Waals surface area contributed by atoms with E-state index in [1.807, 2.05) is 28.0 Å². The van der Waals surface area contributed by atoms with Gasteiger partial charge < -0.3 is 15.1 Å². The molecule has 0 unspecified atom stereocenters. The normalized spacial score (nSPS) is 28.0. The molecule has 2 heterocycles. The van der Waals surface area contributed by atoms with Crippen molar-refractivity contribution >= 4 is 11.9 Å². The second kappa shape index (κ2) is 7.06. The number of hydrogen-bond acceptors (Lipinski definition) is 2. The maximum absolute atomic E-state index is 12.4. The Balaban J connectivity index is 1.21. The van der Waals surface area contributed by atoms with Crippen LogP contribution in [0.1, 0.15) is 31.2 Å². The van der Waals surface area contributed by atoms with Crippen molar-refractivity contribution < 1.29 is 9.59 Å². The second-order valence-electron chi connectivity index (χ2n) is 7.82. The van der Waals surface area contributed by atoms with Crippen molar-refractivity contribution in [2.45, 2.75) is 38.1 Å². The van der Waals surface area contributed by atoms with Crippen molar-refractivity contribution in [1.82, 2.24) is 15.1 Å². The number of carbonyl (C=O) groups is 2. The van der Waals surface area contributed by atoms with Crippen molar-refractivity contribution in [3.05, 3.63) is 35.9 Å². The van der Waals surface area contributed by atoms with Crippen LogP contribution in [0.15, 0.2) is 30.3 Å². The predicted octanol–water partition coefficient (Wildman–Crippen LogP) is 2.27. The van der Waals surface area contributed by atoms with Gasteiger partial charge in [-0.25, -0.2) is 4.79 Å². The lowest BCUT2D eigenvalue weighted by molar-refractivity contribution is -0.127. The third-order valence-electron chi connectivity index (χ3n) is 6.02. The van der Waals surface area contributed by atoms with E-state index in [4.69, 9.17) is 0 Å². The minimum Gasteiger partial charge on any atom is -0.342 e. The van der Waals surface area contributed by atoms with Gasteiger partial charge in [0.15, 0.2) is 0 Å². The van der Waals surface area contributed by atoms with Crippen molar-refractivity contribution in [2.24, 2.45) is 11.8 Å². The van der Waals surface area contributed by atoms with Crippen LogP contribution in [0.25, 0.3) is 0 Å². The van der Waals surface area contributed by atoms with E-state index in [1.54, 1.807) is 0 Å². The Kier molecular flexibility index (Phi) is 4.64. The molecule has 3 aliphatic rings. The Hall–Kier alpha value is -2.04. The molecule has 5 nitrogen and oxygen atoms in total. The molecule has 1 aromatic rings. The molecule has 2 aliphatic heterocycles. The van der Waals surface area contributed by atoms with Gasteiger partial charge in [-0.2, -0.15) is 0 Å². The fourth-order valence-electron chi connectivity index (χ4n) is 4.62. The minimum atomic E-state index is 0.0717. The van der Waals surface area contributed by atoms with Crippen molar-refractivity contribution in [3.8, 4) is 0 Å². The molecule has 0 aromatic heterocycles. The van der Waals surface area contributed by atoms with E-state index in [2.05, 4.69) is 17.4 Å². The number of nitrogens with one attached hydrogen (secondary N) is 1. The van der Waals surface area contributed by atoms with Gasteiger partial charge in [0.05, 0.1) is 0 Å². The van der Waals surface area contributed by atoms with Crippen molar-refractivity contribution in [1.29, 1.82) is 0 Å². The van der Waals surface area contributed by atoms with E-state index in [0.717, 1.165) is 38.4 Å². The van der Waals surface area contributed by atoms with Crippen LogP contribution in [0.2, 0.25) is 0 Å². The summed E-state index contributed by atoms with van der Waals surface area (Å²) in [6.45, 7) is 3.06. The summed E-state index contributed by atoms with van der Waals surface area (Å²) in [6, 6.07) is 10.8. The van der Waals surface area contributed by atoms with Gasteiger partial charge in [0, 0.05) is 44.6 Å². The van der Waals surface area contributed by atoms with Crippen LogP contribution in [0.3, 0.4) is 0 Å². The summed E-state index contributed by atoms with van der Waals surface area (Å²) in [5.74, 6) is 1.18. The lowest BCUT2D eigenvalue weighted by Gasteiger charge is -2.27. The minimum absolute atomic E-state index is 0.0717. The number of urea groups is 1. The molecule has 1 N–H and O–H groups in total. The quantitative estimate of drug-likeness (QED) is 0.893. The molecule has 2 saturated heterocycles. The highest BCUT2D eigenvalue weighted by molar-refractivity contribution is 5.79. The third-order valence-corrected chi connectivity index (χ3v) is 6.02. The average Bonchev–Trinajstić information content (AvgIpc) is 3.34. The van der Waals surface area contributed by atoms with E-state index in [1.165, 1.54) is 18.4 Å². The summed E-state index contributed by atoms with van der Waals surface area (Å²) < 4.78 is 0.